The van der Waals surface area contributed by atoms with E-state index in [1.54, 1.807) is 0 Å². The molecule has 2 rings (SSSR count). The molecular weight excluding hydrogens is 266 g/mol. The summed E-state index contributed by atoms with van der Waals surface area (Å²) >= 11 is 0. The lowest BCUT2D eigenvalue weighted by Gasteiger charge is -2.32. The Morgan fingerprint density at radius 3 is 2.43 bits per heavy atom. The summed E-state index contributed by atoms with van der Waals surface area (Å²) in [4.78, 5) is 16.1. The summed E-state index contributed by atoms with van der Waals surface area (Å²) in [5, 5.41) is 2.84. The molecule has 116 valence electrons. The van der Waals surface area contributed by atoms with Gasteiger partial charge in [-0.3, -0.25) is 0 Å². The van der Waals surface area contributed by atoms with Gasteiger partial charge in [-0.1, -0.05) is 12.1 Å². The first kappa shape index (κ1) is 15.6. The number of nitrogens with one attached hydrogen (secondary N) is 1. The first-order chi connectivity index (χ1) is 9.99. The molecule has 1 aromatic carbocycles. The SMILES string of the molecule is Cc1ccc(C)c(OCNC(=O)N2CCN(C)CC2)c1C. The lowest BCUT2D eigenvalue weighted by Crippen LogP contribution is -2.51. The average Bonchev–Trinajstić information content (AvgIpc) is 2.47. The summed E-state index contributed by atoms with van der Waals surface area (Å²) in [6, 6.07) is 4.08. The molecule has 0 radical (unpaired) electrons. The molecular formula is C16H25N3O2. The molecule has 1 fully saturated rings. The minimum atomic E-state index is -0.0499. The van der Waals surface area contributed by atoms with Crippen LogP contribution < -0.4 is 10.1 Å². The van der Waals surface area contributed by atoms with Gasteiger partial charge < -0.3 is 19.9 Å². The summed E-state index contributed by atoms with van der Waals surface area (Å²) in [5.41, 5.74) is 3.41. The van der Waals surface area contributed by atoms with Crippen LogP contribution in [0.1, 0.15) is 16.7 Å². The van der Waals surface area contributed by atoms with Gasteiger partial charge in [0, 0.05) is 26.2 Å². The topological polar surface area (TPSA) is 44.8 Å². The second-order valence-electron chi connectivity index (χ2n) is 5.71. The van der Waals surface area contributed by atoms with Crippen LogP contribution in [0, 0.1) is 20.8 Å². The summed E-state index contributed by atoms with van der Waals surface area (Å²) in [6.45, 7) is 9.70. The van der Waals surface area contributed by atoms with E-state index < -0.39 is 0 Å². The van der Waals surface area contributed by atoms with Crippen molar-refractivity contribution in [1.29, 1.82) is 0 Å². The predicted octanol–water partition coefficient (Wildman–Crippen LogP) is 1.91. The van der Waals surface area contributed by atoms with Crippen LogP contribution in [0.2, 0.25) is 0 Å². The number of hydrogen-bond donors (Lipinski definition) is 1. The van der Waals surface area contributed by atoms with Crippen molar-refractivity contribution in [2.45, 2.75) is 20.8 Å². The van der Waals surface area contributed by atoms with Crippen molar-refractivity contribution in [3.05, 3.63) is 28.8 Å². The third kappa shape index (κ3) is 3.88. The van der Waals surface area contributed by atoms with Crippen molar-refractivity contribution < 1.29 is 9.53 Å². The highest BCUT2D eigenvalue weighted by Crippen LogP contribution is 2.25. The number of benzene rings is 1. The number of likely N-dealkylation sites (N-methyl/N-ethyl adjacent to an activating group) is 1. The van der Waals surface area contributed by atoms with Crippen LogP contribution in [0.4, 0.5) is 4.79 Å². The second-order valence-corrected chi connectivity index (χ2v) is 5.71. The molecule has 5 heteroatoms. The van der Waals surface area contributed by atoms with E-state index in [2.05, 4.69) is 30.3 Å². The van der Waals surface area contributed by atoms with Crippen molar-refractivity contribution in [2.24, 2.45) is 0 Å². The largest absolute Gasteiger partial charge is 0.473 e. The van der Waals surface area contributed by atoms with Gasteiger partial charge in [0.2, 0.25) is 0 Å². The van der Waals surface area contributed by atoms with Gasteiger partial charge in [-0.05, 0) is 44.5 Å². The highest BCUT2D eigenvalue weighted by molar-refractivity contribution is 5.74. The molecule has 1 heterocycles. The number of ether oxygens (including phenoxy) is 1. The lowest BCUT2D eigenvalue weighted by atomic mass is 10.1. The van der Waals surface area contributed by atoms with Crippen LogP contribution in [0.3, 0.4) is 0 Å². The Kier molecular flexibility index (Phi) is 5.07. The van der Waals surface area contributed by atoms with Gasteiger partial charge in [0.1, 0.15) is 5.75 Å². The fourth-order valence-electron chi connectivity index (χ4n) is 2.44. The van der Waals surface area contributed by atoms with Gasteiger partial charge in [-0.25, -0.2) is 4.79 Å². The Bertz CT molecular complexity index is 508. The van der Waals surface area contributed by atoms with Gasteiger partial charge in [0.25, 0.3) is 0 Å². The molecule has 0 aliphatic carbocycles. The smallest absolute Gasteiger partial charge is 0.320 e. The van der Waals surface area contributed by atoms with Crippen LogP contribution in [0.15, 0.2) is 12.1 Å². The van der Waals surface area contributed by atoms with E-state index in [0.717, 1.165) is 43.1 Å². The molecule has 1 aliphatic heterocycles. The van der Waals surface area contributed by atoms with E-state index in [9.17, 15) is 4.79 Å². The zero-order chi connectivity index (χ0) is 15.4. The second kappa shape index (κ2) is 6.80. The summed E-state index contributed by atoms with van der Waals surface area (Å²) in [7, 11) is 2.07. The monoisotopic (exact) mass is 291 g/mol. The first-order valence-corrected chi connectivity index (χ1v) is 7.40. The summed E-state index contributed by atoms with van der Waals surface area (Å²) in [6.07, 6.45) is 0. The van der Waals surface area contributed by atoms with Crippen molar-refractivity contribution >= 4 is 6.03 Å². The summed E-state index contributed by atoms with van der Waals surface area (Å²) in [5.74, 6) is 0.869. The highest BCUT2D eigenvalue weighted by Gasteiger charge is 2.18. The quantitative estimate of drug-likeness (QED) is 0.865. The molecule has 0 saturated carbocycles. The molecule has 1 aromatic rings. The molecule has 1 saturated heterocycles. The average molecular weight is 291 g/mol. The van der Waals surface area contributed by atoms with E-state index in [1.807, 2.05) is 24.8 Å². The maximum Gasteiger partial charge on any atom is 0.320 e. The molecule has 0 aromatic heterocycles. The standard InChI is InChI=1S/C16H25N3O2/c1-12-5-6-13(2)15(14(12)3)21-11-17-16(20)19-9-7-18(4)8-10-19/h5-6H,7-11H2,1-4H3,(H,17,20). The van der Waals surface area contributed by atoms with Crippen LogP contribution in [-0.2, 0) is 0 Å². The third-order valence-corrected chi connectivity index (χ3v) is 4.10. The normalized spacial score (nSPS) is 15.9. The van der Waals surface area contributed by atoms with Gasteiger partial charge in [0.05, 0.1) is 0 Å². The number of rotatable bonds is 3. The van der Waals surface area contributed by atoms with E-state index in [0.29, 0.717) is 0 Å². The molecule has 5 nitrogen and oxygen atoms in total. The molecule has 2 amide bonds. The number of aryl methyl sites for hydroxylation is 2. The Morgan fingerprint density at radius 1 is 1.14 bits per heavy atom. The number of carbonyl (C=O) groups excluding carboxylic acids is 1. The zero-order valence-corrected chi connectivity index (χ0v) is 13.4. The van der Waals surface area contributed by atoms with Crippen molar-refractivity contribution in [2.75, 3.05) is 40.0 Å². The van der Waals surface area contributed by atoms with Gasteiger partial charge in [-0.15, -0.1) is 0 Å². The fourth-order valence-corrected chi connectivity index (χ4v) is 2.44. The number of nitrogens with zero attached hydrogens (tertiary/aromatic N) is 2. The maximum absolute atomic E-state index is 12.0. The van der Waals surface area contributed by atoms with Crippen molar-refractivity contribution in [3.8, 4) is 5.75 Å². The number of urea groups is 1. The van der Waals surface area contributed by atoms with Gasteiger partial charge in [0.15, 0.2) is 6.73 Å². The number of carbonyl (C=O) groups is 1. The number of hydrogen-bond acceptors (Lipinski definition) is 3. The van der Waals surface area contributed by atoms with E-state index in [1.165, 1.54) is 5.56 Å². The van der Waals surface area contributed by atoms with E-state index in [4.69, 9.17) is 4.74 Å². The highest BCUT2D eigenvalue weighted by atomic mass is 16.5. The van der Waals surface area contributed by atoms with Crippen LogP contribution in [0.5, 0.6) is 5.75 Å². The molecule has 21 heavy (non-hydrogen) atoms. The van der Waals surface area contributed by atoms with E-state index >= 15 is 0 Å². The number of amides is 2. The third-order valence-electron chi connectivity index (χ3n) is 4.10. The molecule has 0 bridgehead atoms. The van der Waals surface area contributed by atoms with Gasteiger partial charge in [-0.2, -0.15) is 0 Å². The lowest BCUT2D eigenvalue weighted by molar-refractivity contribution is 0.147. The minimum Gasteiger partial charge on any atom is -0.473 e. The Balaban J connectivity index is 1.84. The van der Waals surface area contributed by atoms with Crippen molar-refractivity contribution in [3.63, 3.8) is 0 Å². The summed E-state index contributed by atoms with van der Waals surface area (Å²) < 4.78 is 5.76. The molecule has 1 N–H and O–H groups in total. The minimum absolute atomic E-state index is 0.0499. The first-order valence-electron chi connectivity index (χ1n) is 7.40. The molecule has 0 atom stereocenters. The zero-order valence-electron chi connectivity index (χ0n) is 13.4. The van der Waals surface area contributed by atoms with Gasteiger partial charge >= 0.3 is 6.03 Å². The van der Waals surface area contributed by atoms with Crippen LogP contribution in [-0.4, -0.2) is 55.8 Å². The molecule has 0 spiro atoms. The Hall–Kier alpha value is -1.75. The Morgan fingerprint density at radius 2 is 1.76 bits per heavy atom. The number of piperazine rings is 1. The predicted molar refractivity (Wildman–Crippen MR) is 83.7 cm³/mol. The maximum atomic E-state index is 12.0. The molecule has 0 unspecified atom stereocenters. The fraction of sp³-hybridized carbons (Fsp3) is 0.562. The molecule has 1 aliphatic rings. The van der Waals surface area contributed by atoms with Crippen LogP contribution in [0.25, 0.3) is 0 Å². The van der Waals surface area contributed by atoms with Crippen molar-refractivity contribution in [1.82, 2.24) is 15.1 Å². The van der Waals surface area contributed by atoms with E-state index in [-0.39, 0.29) is 12.8 Å². The van der Waals surface area contributed by atoms with Crippen LogP contribution >= 0.6 is 0 Å². The Labute approximate surface area is 126 Å².